The lowest BCUT2D eigenvalue weighted by Crippen LogP contribution is -2.44. The predicted molar refractivity (Wildman–Crippen MR) is 102 cm³/mol. The maximum Gasteiger partial charge on any atom is 0.191 e. The van der Waals surface area contributed by atoms with Gasteiger partial charge in [0.25, 0.3) is 0 Å². The Morgan fingerprint density at radius 1 is 1.28 bits per heavy atom. The number of guanidine groups is 1. The average Bonchev–Trinajstić information content (AvgIpc) is 2.60. The summed E-state index contributed by atoms with van der Waals surface area (Å²) < 4.78 is 11.1. The maximum absolute atomic E-state index is 5.75. The van der Waals surface area contributed by atoms with Crippen LogP contribution < -0.4 is 15.4 Å². The summed E-state index contributed by atoms with van der Waals surface area (Å²) in [4.78, 5) is 7.09. The van der Waals surface area contributed by atoms with Gasteiger partial charge in [0.1, 0.15) is 5.75 Å². The molecular weight excluding hydrogens is 316 g/mol. The summed E-state index contributed by atoms with van der Waals surface area (Å²) in [5.74, 6) is 1.75. The third kappa shape index (κ3) is 7.75. The van der Waals surface area contributed by atoms with E-state index >= 15 is 0 Å². The molecule has 1 heterocycles. The van der Waals surface area contributed by atoms with Gasteiger partial charge >= 0.3 is 0 Å². The van der Waals surface area contributed by atoms with Crippen molar-refractivity contribution < 1.29 is 9.47 Å². The zero-order chi connectivity index (χ0) is 17.9. The number of nitrogens with zero attached hydrogens (tertiary/aromatic N) is 2. The van der Waals surface area contributed by atoms with Crippen LogP contribution in [0.2, 0.25) is 0 Å². The molecule has 1 saturated heterocycles. The summed E-state index contributed by atoms with van der Waals surface area (Å²) in [5, 5.41) is 6.71. The molecule has 0 radical (unpaired) electrons. The van der Waals surface area contributed by atoms with E-state index in [0.29, 0.717) is 6.54 Å². The molecule has 0 spiro atoms. The van der Waals surface area contributed by atoms with E-state index in [2.05, 4.69) is 39.6 Å². The first kappa shape index (κ1) is 19.5. The zero-order valence-corrected chi connectivity index (χ0v) is 15.8. The molecule has 140 valence electrons. The first-order valence-electron chi connectivity index (χ1n) is 9.25. The number of morpholine rings is 1. The molecule has 0 aliphatic carbocycles. The zero-order valence-electron chi connectivity index (χ0n) is 15.8. The third-order valence-corrected chi connectivity index (χ3v) is 3.86. The predicted octanol–water partition coefficient (Wildman–Crippen LogP) is 1.86. The molecular formula is C19H32N4O2. The molecule has 2 rings (SSSR count). The van der Waals surface area contributed by atoms with Crippen LogP contribution in [0.1, 0.15) is 26.3 Å². The van der Waals surface area contributed by atoms with Crippen LogP contribution in [0.3, 0.4) is 0 Å². The summed E-state index contributed by atoms with van der Waals surface area (Å²) in [6.07, 6.45) is 0.179. The standard InChI is InChI=1S/C19H32N4O2/c1-4-20-19(21-8-9-23-10-12-24-13-11-23)22-15-17-6-5-7-18(14-17)25-16(2)3/h5-7,14,16H,4,8-13,15H2,1-3H3,(H2,20,21,22). The monoisotopic (exact) mass is 348 g/mol. The van der Waals surface area contributed by atoms with Gasteiger partial charge in [-0.15, -0.1) is 0 Å². The molecule has 1 aliphatic heterocycles. The van der Waals surface area contributed by atoms with Crippen LogP contribution in [0.15, 0.2) is 29.3 Å². The molecule has 0 aromatic heterocycles. The van der Waals surface area contributed by atoms with Crippen molar-refractivity contribution in [2.75, 3.05) is 45.9 Å². The van der Waals surface area contributed by atoms with Gasteiger partial charge < -0.3 is 20.1 Å². The first-order valence-corrected chi connectivity index (χ1v) is 9.25. The van der Waals surface area contributed by atoms with E-state index in [1.165, 1.54) is 0 Å². The first-order chi connectivity index (χ1) is 12.2. The molecule has 0 unspecified atom stereocenters. The van der Waals surface area contributed by atoms with E-state index in [1.54, 1.807) is 0 Å². The summed E-state index contributed by atoms with van der Waals surface area (Å²) in [7, 11) is 0. The second-order valence-corrected chi connectivity index (χ2v) is 6.39. The molecule has 2 N–H and O–H groups in total. The maximum atomic E-state index is 5.75. The average molecular weight is 348 g/mol. The second kappa shape index (κ2) is 10.9. The van der Waals surface area contributed by atoms with E-state index in [9.17, 15) is 0 Å². The van der Waals surface area contributed by atoms with E-state index in [0.717, 1.165) is 63.2 Å². The van der Waals surface area contributed by atoms with Gasteiger partial charge in [-0.2, -0.15) is 0 Å². The number of rotatable bonds is 8. The molecule has 0 amide bonds. The van der Waals surface area contributed by atoms with Crippen LogP contribution in [0, 0.1) is 0 Å². The highest BCUT2D eigenvalue weighted by Gasteiger charge is 2.09. The Bertz CT molecular complexity index is 528. The summed E-state index contributed by atoms with van der Waals surface area (Å²) >= 11 is 0. The molecule has 25 heavy (non-hydrogen) atoms. The van der Waals surface area contributed by atoms with Gasteiger partial charge in [-0.25, -0.2) is 4.99 Å². The van der Waals surface area contributed by atoms with E-state index in [1.807, 2.05) is 26.0 Å². The SMILES string of the molecule is CCNC(=NCc1cccc(OC(C)C)c1)NCCN1CCOCC1. The Balaban J connectivity index is 1.83. The Morgan fingerprint density at radius 3 is 2.80 bits per heavy atom. The lowest BCUT2D eigenvalue weighted by molar-refractivity contribution is 0.0389. The fourth-order valence-electron chi connectivity index (χ4n) is 2.66. The van der Waals surface area contributed by atoms with Crippen LogP contribution in [0.5, 0.6) is 5.75 Å². The molecule has 1 aliphatic rings. The van der Waals surface area contributed by atoms with Crippen molar-refractivity contribution >= 4 is 5.96 Å². The second-order valence-electron chi connectivity index (χ2n) is 6.39. The topological polar surface area (TPSA) is 58.1 Å². The van der Waals surface area contributed by atoms with Gasteiger partial charge in [0.15, 0.2) is 5.96 Å². The minimum absolute atomic E-state index is 0.179. The number of aliphatic imine (C=N–C) groups is 1. The molecule has 1 aromatic carbocycles. The van der Waals surface area contributed by atoms with Crippen LogP contribution in [0.25, 0.3) is 0 Å². The van der Waals surface area contributed by atoms with Gasteiger partial charge in [-0.3, -0.25) is 4.90 Å². The summed E-state index contributed by atoms with van der Waals surface area (Å²) in [5.41, 5.74) is 1.14. The number of ether oxygens (including phenoxy) is 2. The Labute approximate surface area is 151 Å². The molecule has 1 aromatic rings. The van der Waals surface area contributed by atoms with Gasteiger partial charge in [-0.1, -0.05) is 12.1 Å². The highest BCUT2D eigenvalue weighted by atomic mass is 16.5. The largest absolute Gasteiger partial charge is 0.491 e. The van der Waals surface area contributed by atoms with Crippen molar-refractivity contribution in [2.24, 2.45) is 4.99 Å². The highest BCUT2D eigenvalue weighted by Crippen LogP contribution is 2.15. The van der Waals surface area contributed by atoms with Gasteiger partial charge in [0.2, 0.25) is 0 Å². The van der Waals surface area contributed by atoms with Crippen LogP contribution in [-0.2, 0) is 11.3 Å². The molecule has 0 saturated carbocycles. The summed E-state index contributed by atoms with van der Waals surface area (Å²) in [6.45, 7) is 13.2. The van der Waals surface area contributed by atoms with Crippen LogP contribution >= 0.6 is 0 Å². The van der Waals surface area contributed by atoms with Gasteiger partial charge in [0.05, 0.1) is 25.9 Å². The smallest absolute Gasteiger partial charge is 0.191 e. The van der Waals surface area contributed by atoms with Crippen molar-refractivity contribution in [1.29, 1.82) is 0 Å². The molecule has 1 fully saturated rings. The Kier molecular flexibility index (Phi) is 8.55. The van der Waals surface area contributed by atoms with E-state index in [-0.39, 0.29) is 6.10 Å². The normalized spacial score (nSPS) is 16.1. The fourth-order valence-corrected chi connectivity index (χ4v) is 2.66. The number of hydrogen-bond acceptors (Lipinski definition) is 4. The molecule has 0 bridgehead atoms. The van der Waals surface area contributed by atoms with Crippen molar-refractivity contribution in [3.05, 3.63) is 29.8 Å². The summed E-state index contributed by atoms with van der Waals surface area (Å²) in [6, 6.07) is 8.13. The van der Waals surface area contributed by atoms with E-state index in [4.69, 9.17) is 9.47 Å². The Hall–Kier alpha value is -1.79. The fraction of sp³-hybridized carbons (Fsp3) is 0.632. The quantitative estimate of drug-likeness (QED) is 0.555. The van der Waals surface area contributed by atoms with Crippen LogP contribution in [0.4, 0.5) is 0 Å². The highest BCUT2D eigenvalue weighted by molar-refractivity contribution is 5.79. The van der Waals surface area contributed by atoms with Crippen molar-refractivity contribution in [3.63, 3.8) is 0 Å². The lowest BCUT2D eigenvalue weighted by atomic mass is 10.2. The van der Waals surface area contributed by atoms with Crippen molar-refractivity contribution in [2.45, 2.75) is 33.4 Å². The van der Waals surface area contributed by atoms with Crippen molar-refractivity contribution in [1.82, 2.24) is 15.5 Å². The third-order valence-electron chi connectivity index (χ3n) is 3.86. The van der Waals surface area contributed by atoms with Gasteiger partial charge in [-0.05, 0) is 38.5 Å². The molecule has 0 atom stereocenters. The number of hydrogen-bond donors (Lipinski definition) is 2. The van der Waals surface area contributed by atoms with Crippen molar-refractivity contribution in [3.8, 4) is 5.75 Å². The minimum atomic E-state index is 0.179. The molecule has 6 nitrogen and oxygen atoms in total. The Morgan fingerprint density at radius 2 is 2.08 bits per heavy atom. The van der Waals surface area contributed by atoms with Gasteiger partial charge in [0, 0.05) is 32.7 Å². The number of nitrogens with one attached hydrogen (secondary N) is 2. The lowest BCUT2D eigenvalue weighted by Gasteiger charge is -2.26. The van der Waals surface area contributed by atoms with E-state index < -0.39 is 0 Å². The molecule has 6 heteroatoms. The minimum Gasteiger partial charge on any atom is -0.491 e. The number of benzene rings is 1. The van der Waals surface area contributed by atoms with Crippen LogP contribution in [-0.4, -0.2) is 62.9 Å².